The van der Waals surface area contributed by atoms with Crippen LogP contribution in [0.25, 0.3) is 0 Å². The molecule has 0 aliphatic rings. The van der Waals surface area contributed by atoms with Gasteiger partial charge in [-0.2, -0.15) is 0 Å². The van der Waals surface area contributed by atoms with Crippen LogP contribution in [-0.4, -0.2) is 36.6 Å². The van der Waals surface area contributed by atoms with Crippen molar-refractivity contribution in [2.24, 2.45) is 0 Å². The van der Waals surface area contributed by atoms with Crippen molar-refractivity contribution in [3.63, 3.8) is 0 Å². The zero-order valence-corrected chi connectivity index (χ0v) is 13.2. The molecular formula is C12H16N4O2S2. The van der Waals surface area contributed by atoms with E-state index in [2.05, 4.69) is 15.2 Å². The third-order valence-electron chi connectivity index (χ3n) is 2.55. The molecule has 0 aromatic carbocycles. The van der Waals surface area contributed by atoms with Crippen molar-refractivity contribution < 1.29 is 9.90 Å². The molecule has 0 saturated carbocycles. The maximum absolute atomic E-state index is 10.7. The number of hydrogen-bond acceptors (Lipinski definition) is 6. The fourth-order valence-corrected chi connectivity index (χ4v) is 3.14. The van der Waals surface area contributed by atoms with Crippen molar-refractivity contribution in [1.82, 2.24) is 19.7 Å². The second-order valence-corrected chi connectivity index (χ2v) is 6.53. The lowest BCUT2D eigenvalue weighted by molar-refractivity contribution is -0.133. The van der Waals surface area contributed by atoms with Crippen molar-refractivity contribution in [3.8, 4) is 0 Å². The summed E-state index contributed by atoms with van der Waals surface area (Å²) in [5, 5.41) is 20.7. The molecule has 6 nitrogen and oxygen atoms in total. The quantitative estimate of drug-likeness (QED) is 0.825. The molecule has 0 spiro atoms. The predicted molar refractivity (Wildman–Crippen MR) is 78.4 cm³/mol. The molecule has 0 bridgehead atoms. The average molecular weight is 312 g/mol. The molecule has 0 radical (unpaired) electrons. The lowest BCUT2D eigenvalue weighted by Gasteiger charge is -2.09. The molecule has 8 heteroatoms. The molecule has 20 heavy (non-hydrogen) atoms. The van der Waals surface area contributed by atoms with Gasteiger partial charge < -0.3 is 5.11 Å². The van der Waals surface area contributed by atoms with Gasteiger partial charge in [-0.15, -0.1) is 21.5 Å². The summed E-state index contributed by atoms with van der Waals surface area (Å²) in [6.45, 7) is 6.62. The Morgan fingerprint density at radius 2 is 2.25 bits per heavy atom. The average Bonchev–Trinajstić information content (AvgIpc) is 2.94. The number of aromatic nitrogens is 4. The van der Waals surface area contributed by atoms with Crippen LogP contribution in [-0.2, 0) is 11.3 Å². The molecule has 2 aromatic heterocycles. The maximum Gasteiger partial charge on any atom is 0.313 e. The fraction of sp³-hybridized carbons (Fsp3) is 0.500. The van der Waals surface area contributed by atoms with Crippen molar-refractivity contribution in [3.05, 3.63) is 21.9 Å². The first-order valence-corrected chi connectivity index (χ1v) is 8.02. The third kappa shape index (κ3) is 3.57. The van der Waals surface area contributed by atoms with E-state index in [0.717, 1.165) is 16.5 Å². The van der Waals surface area contributed by atoms with E-state index in [1.54, 1.807) is 11.3 Å². The standard InChI is InChI=1S/C12H16N4O2S2/c1-7(2)11-14-15-12(20-6-10(17)18)16(11)4-9-13-8(3)5-19-9/h5,7H,4,6H2,1-3H3,(H,17,18). The number of thioether (sulfide) groups is 1. The fourth-order valence-electron chi connectivity index (χ4n) is 1.72. The summed E-state index contributed by atoms with van der Waals surface area (Å²) in [6.07, 6.45) is 0. The highest BCUT2D eigenvalue weighted by Gasteiger charge is 2.17. The normalized spacial score (nSPS) is 11.2. The SMILES string of the molecule is Cc1csc(Cn2c(SCC(=O)O)nnc2C(C)C)n1. The van der Waals surface area contributed by atoms with Gasteiger partial charge in [0, 0.05) is 17.0 Å². The Hall–Kier alpha value is -1.41. The summed E-state index contributed by atoms with van der Waals surface area (Å²) < 4.78 is 1.95. The number of aryl methyl sites for hydroxylation is 1. The first-order valence-electron chi connectivity index (χ1n) is 6.16. The Morgan fingerprint density at radius 3 is 2.80 bits per heavy atom. The van der Waals surface area contributed by atoms with Crippen LogP contribution in [0.2, 0.25) is 0 Å². The van der Waals surface area contributed by atoms with Crippen LogP contribution >= 0.6 is 23.1 Å². The van der Waals surface area contributed by atoms with Gasteiger partial charge in [-0.3, -0.25) is 9.36 Å². The Balaban J connectivity index is 2.26. The van der Waals surface area contributed by atoms with E-state index in [9.17, 15) is 4.79 Å². The number of carboxylic acids is 1. The molecule has 0 atom stereocenters. The van der Waals surface area contributed by atoms with E-state index >= 15 is 0 Å². The molecule has 2 rings (SSSR count). The van der Waals surface area contributed by atoms with Gasteiger partial charge in [0.05, 0.1) is 12.3 Å². The molecule has 0 fully saturated rings. The minimum Gasteiger partial charge on any atom is -0.481 e. The molecular weight excluding hydrogens is 296 g/mol. The number of rotatable bonds is 6. The van der Waals surface area contributed by atoms with Crippen molar-refractivity contribution in [2.75, 3.05) is 5.75 Å². The van der Waals surface area contributed by atoms with Crippen molar-refractivity contribution in [2.45, 2.75) is 38.4 Å². The molecule has 2 heterocycles. The molecule has 0 unspecified atom stereocenters. The number of hydrogen-bond donors (Lipinski definition) is 1. The summed E-state index contributed by atoms with van der Waals surface area (Å²) in [7, 11) is 0. The number of carboxylic acid groups (broad SMARTS) is 1. The van der Waals surface area contributed by atoms with Gasteiger partial charge >= 0.3 is 5.97 Å². The second-order valence-electron chi connectivity index (χ2n) is 4.65. The lowest BCUT2D eigenvalue weighted by Crippen LogP contribution is -2.09. The first kappa shape index (κ1) is 15.0. The summed E-state index contributed by atoms with van der Waals surface area (Å²) >= 11 is 2.77. The van der Waals surface area contributed by atoms with Gasteiger partial charge in [0.25, 0.3) is 0 Å². The highest BCUT2D eigenvalue weighted by molar-refractivity contribution is 7.99. The van der Waals surface area contributed by atoms with E-state index in [-0.39, 0.29) is 11.7 Å². The van der Waals surface area contributed by atoms with E-state index in [1.165, 1.54) is 11.8 Å². The van der Waals surface area contributed by atoms with Crippen LogP contribution < -0.4 is 0 Å². The Kier molecular flexibility index (Phi) is 4.77. The van der Waals surface area contributed by atoms with Gasteiger partial charge in [-0.1, -0.05) is 25.6 Å². The number of nitrogens with zero attached hydrogens (tertiary/aromatic N) is 4. The summed E-state index contributed by atoms with van der Waals surface area (Å²) in [6, 6.07) is 0. The van der Waals surface area contributed by atoms with E-state index in [0.29, 0.717) is 11.7 Å². The molecule has 1 N–H and O–H groups in total. The smallest absolute Gasteiger partial charge is 0.313 e. The minimum atomic E-state index is -0.860. The van der Waals surface area contributed by atoms with Crippen LogP contribution in [0.5, 0.6) is 0 Å². The topological polar surface area (TPSA) is 80.9 Å². The number of thiazole rings is 1. The molecule has 0 amide bonds. The predicted octanol–water partition coefficient (Wildman–Crippen LogP) is 2.39. The van der Waals surface area contributed by atoms with Gasteiger partial charge in [0.2, 0.25) is 0 Å². The number of aliphatic carboxylic acids is 1. The van der Waals surface area contributed by atoms with Gasteiger partial charge in [0.1, 0.15) is 10.8 Å². The molecule has 0 aliphatic heterocycles. The zero-order chi connectivity index (χ0) is 14.7. The van der Waals surface area contributed by atoms with Crippen LogP contribution in [0.3, 0.4) is 0 Å². The Bertz CT molecular complexity index is 606. The molecule has 0 aliphatic carbocycles. The lowest BCUT2D eigenvalue weighted by atomic mass is 10.2. The second kappa shape index (κ2) is 6.36. The minimum absolute atomic E-state index is 0.0207. The summed E-state index contributed by atoms with van der Waals surface area (Å²) in [5.74, 6) is 0.196. The van der Waals surface area contributed by atoms with Crippen molar-refractivity contribution in [1.29, 1.82) is 0 Å². The Labute approximate surface area is 125 Å². The van der Waals surface area contributed by atoms with Gasteiger partial charge in [-0.05, 0) is 6.92 Å². The van der Waals surface area contributed by atoms with E-state index < -0.39 is 5.97 Å². The largest absolute Gasteiger partial charge is 0.481 e. The maximum atomic E-state index is 10.7. The van der Waals surface area contributed by atoms with Gasteiger partial charge in [-0.25, -0.2) is 4.98 Å². The highest BCUT2D eigenvalue weighted by Crippen LogP contribution is 2.23. The third-order valence-corrected chi connectivity index (χ3v) is 4.45. The first-order chi connectivity index (χ1) is 9.47. The van der Waals surface area contributed by atoms with E-state index in [1.807, 2.05) is 30.7 Å². The number of carbonyl (C=O) groups is 1. The van der Waals surface area contributed by atoms with E-state index in [4.69, 9.17) is 5.11 Å². The van der Waals surface area contributed by atoms with Crippen molar-refractivity contribution >= 4 is 29.1 Å². The monoisotopic (exact) mass is 312 g/mol. The summed E-state index contributed by atoms with van der Waals surface area (Å²) in [4.78, 5) is 15.1. The zero-order valence-electron chi connectivity index (χ0n) is 11.5. The molecule has 2 aromatic rings. The Morgan fingerprint density at radius 1 is 1.50 bits per heavy atom. The highest BCUT2D eigenvalue weighted by atomic mass is 32.2. The van der Waals surface area contributed by atoms with Crippen LogP contribution in [0, 0.1) is 6.92 Å². The molecule has 0 saturated heterocycles. The van der Waals surface area contributed by atoms with Gasteiger partial charge in [0.15, 0.2) is 5.16 Å². The molecule has 108 valence electrons. The van der Waals surface area contributed by atoms with Crippen LogP contribution in [0.1, 0.15) is 36.3 Å². The van der Waals surface area contributed by atoms with Crippen LogP contribution in [0.15, 0.2) is 10.5 Å². The van der Waals surface area contributed by atoms with Crippen LogP contribution in [0.4, 0.5) is 0 Å². The summed E-state index contributed by atoms with van der Waals surface area (Å²) in [5.41, 5.74) is 0.990.